The predicted molar refractivity (Wildman–Crippen MR) is 80.5 cm³/mol. The highest BCUT2D eigenvalue weighted by atomic mass is 19.1. The number of benzene rings is 1. The van der Waals surface area contributed by atoms with Crippen LogP contribution < -0.4 is 4.90 Å². The minimum Gasteiger partial charge on any atom is -0.312 e. The van der Waals surface area contributed by atoms with Crippen molar-refractivity contribution in [3.8, 4) is 0 Å². The van der Waals surface area contributed by atoms with Crippen molar-refractivity contribution >= 4 is 11.6 Å². The van der Waals surface area contributed by atoms with Crippen LogP contribution in [0.15, 0.2) is 36.7 Å². The number of rotatable bonds is 5. The van der Waals surface area contributed by atoms with Crippen LogP contribution in [0.1, 0.15) is 18.9 Å². The third-order valence-corrected chi connectivity index (χ3v) is 3.64. The van der Waals surface area contributed by atoms with Crippen molar-refractivity contribution in [1.82, 2.24) is 9.78 Å². The topological polar surface area (TPSA) is 38.1 Å². The van der Waals surface area contributed by atoms with Crippen LogP contribution in [0.25, 0.3) is 0 Å². The Hall–Kier alpha value is -2.17. The van der Waals surface area contributed by atoms with Crippen molar-refractivity contribution in [2.75, 3.05) is 11.9 Å². The number of hydrogen-bond acceptors (Lipinski definition) is 2. The number of hydrogen-bond donors (Lipinski definition) is 0. The normalized spacial score (nSPS) is 12.2. The van der Waals surface area contributed by atoms with Crippen LogP contribution in [0.2, 0.25) is 0 Å². The first-order valence-corrected chi connectivity index (χ1v) is 6.98. The van der Waals surface area contributed by atoms with Crippen molar-refractivity contribution in [3.63, 3.8) is 0 Å². The number of anilines is 1. The average molecular weight is 289 g/mol. The lowest BCUT2D eigenvalue weighted by Gasteiger charge is -2.20. The molecule has 0 saturated heterocycles. The standard InChI is InChI=1S/C16H20FN3O/c1-12(8-9-13-6-4-5-7-15(13)17)16(21)20(3)14-10-18-19(2)11-14/h4-7,10-12H,8-9H2,1-3H3/t12-/m0/s1. The van der Waals surface area contributed by atoms with Gasteiger partial charge in [0.15, 0.2) is 0 Å². The van der Waals surface area contributed by atoms with Gasteiger partial charge in [-0.25, -0.2) is 4.39 Å². The number of nitrogens with zero attached hydrogens (tertiary/aromatic N) is 3. The van der Waals surface area contributed by atoms with Gasteiger partial charge < -0.3 is 4.90 Å². The molecule has 0 aliphatic heterocycles. The minimum atomic E-state index is -0.210. The number of carbonyl (C=O) groups excluding carboxylic acids is 1. The minimum absolute atomic E-state index is 0.0133. The largest absolute Gasteiger partial charge is 0.312 e. The summed E-state index contributed by atoms with van der Waals surface area (Å²) in [4.78, 5) is 14.0. The van der Waals surface area contributed by atoms with Crippen molar-refractivity contribution in [1.29, 1.82) is 0 Å². The molecule has 0 aliphatic rings. The zero-order valence-corrected chi connectivity index (χ0v) is 12.6. The van der Waals surface area contributed by atoms with E-state index in [1.807, 2.05) is 20.0 Å². The Labute approximate surface area is 124 Å². The highest BCUT2D eigenvalue weighted by Crippen LogP contribution is 2.18. The van der Waals surface area contributed by atoms with E-state index in [-0.39, 0.29) is 17.6 Å². The van der Waals surface area contributed by atoms with Gasteiger partial charge in [-0.1, -0.05) is 25.1 Å². The molecule has 0 radical (unpaired) electrons. The smallest absolute Gasteiger partial charge is 0.229 e. The van der Waals surface area contributed by atoms with Crippen molar-refractivity contribution in [2.24, 2.45) is 13.0 Å². The van der Waals surface area contributed by atoms with E-state index >= 15 is 0 Å². The van der Waals surface area contributed by atoms with Gasteiger partial charge in [-0.05, 0) is 24.5 Å². The molecule has 1 heterocycles. The second kappa shape index (κ2) is 6.52. The maximum absolute atomic E-state index is 13.6. The summed E-state index contributed by atoms with van der Waals surface area (Å²) in [6, 6.07) is 6.69. The second-order valence-corrected chi connectivity index (χ2v) is 5.30. The summed E-state index contributed by atoms with van der Waals surface area (Å²) < 4.78 is 15.2. The molecule has 0 unspecified atom stereocenters. The molecule has 4 nitrogen and oxygen atoms in total. The first-order chi connectivity index (χ1) is 9.99. The fourth-order valence-electron chi connectivity index (χ4n) is 2.24. The van der Waals surface area contributed by atoms with Crippen molar-refractivity contribution in [2.45, 2.75) is 19.8 Å². The summed E-state index contributed by atoms with van der Waals surface area (Å²) in [6.45, 7) is 1.87. The Kier molecular flexibility index (Phi) is 4.73. The third kappa shape index (κ3) is 3.68. The molecule has 0 fully saturated rings. The molecule has 2 rings (SSSR count). The summed E-state index contributed by atoms with van der Waals surface area (Å²) >= 11 is 0. The van der Waals surface area contributed by atoms with E-state index in [2.05, 4.69) is 5.10 Å². The zero-order valence-electron chi connectivity index (χ0n) is 12.6. The summed E-state index contributed by atoms with van der Waals surface area (Å²) in [5.74, 6) is -0.369. The van der Waals surface area contributed by atoms with Gasteiger partial charge in [-0.2, -0.15) is 5.10 Å². The lowest BCUT2D eigenvalue weighted by Crippen LogP contribution is -2.31. The molecule has 1 atom stereocenters. The van der Waals surface area contributed by atoms with E-state index in [4.69, 9.17) is 0 Å². The van der Waals surface area contributed by atoms with E-state index in [1.54, 1.807) is 41.2 Å². The number of aryl methyl sites for hydroxylation is 2. The fraction of sp³-hybridized carbons (Fsp3) is 0.375. The molecule has 0 bridgehead atoms. The maximum atomic E-state index is 13.6. The average Bonchev–Trinajstić information content (AvgIpc) is 2.91. The van der Waals surface area contributed by atoms with Gasteiger partial charge in [0, 0.05) is 26.2 Å². The Bertz CT molecular complexity index is 623. The van der Waals surface area contributed by atoms with Crippen molar-refractivity contribution < 1.29 is 9.18 Å². The lowest BCUT2D eigenvalue weighted by atomic mass is 9.99. The van der Waals surface area contributed by atoms with Gasteiger partial charge in [-0.15, -0.1) is 0 Å². The molecule has 0 saturated carbocycles. The predicted octanol–water partition coefficient (Wildman–Crippen LogP) is 2.79. The zero-order chi connectivity index (χ0) is 15.4. The first kappa shape index (κ1) is 15.2. The lowest BCUT2D eigenvalue weighted by molar-refractivity contribution is -0.121. The molecule has 0 aliphatic carbocycles. The van der Waals surface area contributed by atoms with Gasteiger partial charge in [0.1, 0.15) is 5.82 Å². The summed E-state index contributed by atoms with van der Waals surface area (Å²) in [7, 11) is 3.54. The van der Waals surface area contributed by atoms with Crippen LogP contribution >= 0.6 is 0 Å². The molecular weight excluding hydrogens is 269 g/mol. The Morgan fingerprint density at radius 3 is 2.76 bits per heavy atom. The van der Waals surface area contributed by atoms with Crippen LogP contribution in [0.5, 0.6) is 0 Å². The summed E-state index contributed by atoms with van der Waals surface area (Å²) in [5, 5.41) is 4.06. The third-order valence-electron chi connectivity index (χ3n) is 3.64. The first-order valence-electron chi connectivity index (χ1n) is 6.98. The highest BCUT2D eigenvalue weighted by molar-refractivity contribution is 5.94. The Balaban J connectivity index is 1.95. The summed E-state index contributed by atoms with van der Waals surface area (Å²) in [5.41, 5.74) is 1.42. The molecule has 5 heteroatoms. The van der Waals surface area contributed by atoms with Gasteiger partial charge in [0.2, 0.25) is 5.91 Å². The number of carbonyl (C=O) groups is 1. The van der Waals surface area contributed by atoms with Gasteiger partial charge in [-0.3, -0.25) is 9.48 Å². The highest BCUT2D eigenvalue weighted by Gasteiger charge is 2.19. The monoisotopic (exact) mass is 289 g/mol. The molecule has 21 heavy (non-hydrogen) atoms. The molecule has 1 aromatic carbocycles. The molecule has 2 aromatic rings. The van der Waals surface area contributed by atoms with Crippen LogP contribution in [0.4, 0.5) is 10.1 Å². The van der Waals surface area contributed by atoms with Crippen LogP contribution in [0, 0.1) is 11.7 Å². The Morgan fingerprint density at radius 2 is 2.14 bits per heavy atom. The maximum Gasteiger partial charge on any atom is 0.229 e. The van der Waals surface area contributed by atoms with Crippen LogP contribution in [-0.2, 0) is 18.3 Å². The molecule has 0 N–H and O–H groups in total. The number of amides is 1. The van der Waals surface area contributed by atoms with Gasteiger partial charge in [0.05, 0.1) is 11.9 Å². The van der Waals surface area contributed by atoms with E-state index in [1.165, 1.54) is 6.07 Å². The second-order valence-electron chi connectivity index (χ2n) is 5.30. The van der Waals surface area contributed by atoms with E-state index < -0.39 is 0 Å². The van der Waals surface area contributed by atoms with Gasteiger partial charge >= 0.3 is 0 Å². The van der Waals surface area contributed by atoms with E-state index in [9.17, 15) is 9.18 Å². The SMILES string of the molecule is C[C@@H](CCc1ccccc1F)C(=O)N(C)c1cnn(C)c1. The molecule has 112 valence electrons. The van der Waals surface area contributed by atoms with E-state index in [0.29, 0.717) is 18.4 Å². The van der Waals surface area contributed by atoms with Crippen LogP contribution in [-0.4, -0.2) is 22.7 Å². The van der Waals surface area contributed by atoms with Crippen LogP contribution in [0.3, 0.4) is 0 Å². The molecule has 1 aromatic heterocycles. The van der Waals surface area contributed by atoms with Gasteiger partial charge in [0.25, 0.3) is 0 Å². The number of aromatic nitrogens is 2. The van der Waals surface area contributed by atoms with Crippen molar-refractivity contribution in [3.05, 3.63) is 48.0 Å². The Morgan fingerprint density at radius 1 is 1.43 bits per heavy atom. The summed E-state index contributed by atoms with van der Waals surface area (Å²) in [6.07, 6.45) is 4.62. The van der Waals surface area contributed by atoms with E-state index in [0.717, 1.165) is 5.69 Å². The molecule has 1 amide bonds. The molecular formula is C16H20FN3O. The molecule has 0 spiro atoms. The fourth-order valence-corrected chi connectivity index (χ4v) is 2.24. The number of halogens is 1. The quantitative estimate of drug-likeness (QED) is 0.849.